The summed E-state index contributed by atoms with van der Waals surface area (Å²) < 4.78 is 8.25. The lowest BCUT2D eigenvalue weighted by molar-refractivity contribution is -0.150. The van der Waals surface area contributed by atoms with Crippen LogP contribution in [-0.2, 0) is 25.8 Å². The first-order valence-electron chi connectivity index (χ1n) is 17.8. The number of β-lactam (4-membered cyclic amide) rings is 1. The molecule has 5 heterocycles. The highest BCUT2D eigenvalue weighted by Gasteiger charge is 2.74. The molecule has 2 aliphatic heterocycles. The molecule has 56 heavy (non-hydrogen) atoms. The Bertz CT molecular complexity index is 2340. The van der Waals surface area contributed by atoms with Gasteiger partial charge in [0.05, 0.1) is 0 Å². The number of carbonyl (C=O) groups is 3. The summed E-state index contributed by atoms with van der Waals surface area (Å²) in [7, 11) is 0. The van der Waals surface area contributed by atoms with E-state index in [0.29, 0.717) is 40.3 Å². The summed E-state index contributed by atoms with van der Waals surface area (Å²) in [5.74, 6) is -1.23. The highest BCUT2D eigenvalue weighted by Crippen LogP contribution is 2.70. The van der Waals surface area contributed by atoms with Crippen molar-refractivity contribution in [3.05, 3.63) is 58.1 Å². The van der Waals surface area contributed by atoms with E-state index in [1.807, 2.05) is 13.0 Å². The number of thiazole rings is 1. The summed E-state index contributed by atoms with van der Waals surface area (Å²) in [4.78, 5) is 59.5. The molecule has 3 unspecified atom stereocenters. The van der Waals surface area contributed by atoms with Gasteiger partial charge < -0.3 is 35.9 Å². The topological polar surface area (TPSA) is 240 Å². The predicted octanol–water partition coefficient (Wildman–Crippen LogP) is 3.93. The number of carbonyl (C=O) groups excluding carboxylic acids is 2. The van der Waals surface area contributed by atoms with Crippen LogP contribution in [0.4, 0.5) is 5.13 Å². The van der Waals surface area contributed by atoms with Crippen LogP contribution >= 0.6 is 34.9 Å². The van der Waals surface area contributed by atoms with Gasteiger partial charge in [-0.05, 0) is 43.4 Å². The number of aryl methyl sites for hydroxylation is 1. The maximum absolute atomic E-state index is 13.8. The van der Waals surface area contributed by atoms with Crippen LogP contribution in [-0.4, -0.2) is 96.8 Å². The summed E-state index contributed by atoms with van der Waals surface area (Å²) in [5, 5.41) is 43.8. The third-order valence-electron chi connectivity index (χ3n) is 11.1. The van der Waals surface area contributed by atoms with Crippen LogP contribution < -0.4 is 15.8 Å². The zero-order valence-corrected chi connectivity index (χ0v) is 33.2. The van der Waals surface area contributed by atoms with Crippen molar-refractivity contribution < 1.29 is 39.3 Å². The number of nitrogens with two attached hydrogens (primary N) is 1. The Kier molecular flexibility index (Phi) is 9.55. The lowest BCUT2D eigenvalue weighted by atomic mass is 9.88. The smallest absolute Gasteiger partial charge is 0.352 e. The minimum absolute atomic E-state index is 0.0884. The Balaban J connectivity index is 0.987. The number of carboxylic acid groups (broad SMARTS) is 1. The first-order chi connectivity index (χ1) is 26.7. The van der Waals surface area contributed by atoms with Crippen LogP contribution in [0.2, 0.25) is 0 Å². The first-order valence-corrected chi connectivity index (χ1v) is 20.8. The number of thioether (sulfide) groups is 2. The van der Waals surface area contributed by atoms with E-state index in [2.05, 4.69) is 51.3 Å². The molecule has 3 aromatic heterocycles. The number of oxime groups is 1. The van der Waals surface area contributed by atoms with Gasteiger partial charge in [0.1, 0.15) is 52.1 Å². The number of nitrogen functional groups attached to an aromatic ring is 1. The second-order valence-corrected chi connectivity index (χ2v) is 18.0. The largest absolute Gasteiger partial charge is 0.504 e. The zero-order chi connectivity index (χ0) is 39.7. The maximum atomic E-state index is 13.8. The maximum Gasteiger partial charge on any atom is 0.352 e. The lowest BCUT2D eigenvalue weighted by Gasteiger charge is -2.49. The van der Waals surface area contributed by atoms with Crippen LogP contribution in [0.3, 0.4) is 0 Å². The summed E-state index contributed by atoms with van der Waals surface area (Å²) in [5.41, 5.74) is 6.74. The molecule has 5 atom stereocenters. The molecule has 2 saturated carbocycles. The summed E-state index contributed by atoms with van der Waals surface area (Å²) >= 11 is 3.77. The number of nitrogens with one attached hydrogen (secondary N) is 1. The van der Waals surface area contributed by atoms with Crippen LogP contribution in [0.15, 0.2) is 51.4 Å². The Labute approximate surface area is 332 Å². The van der Waals surface area contributed by atoms with Crippen molar-refractivity contribution in [3.8, 4) is 17.2 Å². The fourth-order valence-corrected chi connectivity index (χ4v) is 11.3. The molecule has 2 aliphatic carbocycles. The molecule has 1 aromatic carbocycles. The van der Waals surface area contributed by atoms with Crippen molar-refractivity contribution in [3.63, 3.8) is 0 Å². The number of hydrogen-bond acceptors (Lipinski definition) is 16. The predicted molar refractivity (Wildman–Crippen MR) is 207 cm³/mol. The van der Waals surface area contributed by atoms with Gasteiger partial charge in [-0.2, -0.15) is 14.6 Å². The van der Waals surface area contributed by atoms with Crippen LogP contribution in [0.5, 0.6) is 17.2 Å². The van der Waals surface area contributed by atoms with Gasteiger partial charge in [0.15, 0.2) is 22.3 Å². The third kappa shape index (κ3) is 6.46. The highest BCUT2D eigenvalue weighted by molar-refractivity contribution is 8.01. The zero-order valence-electron chi connectivity index (χ0n) is 30.8. The van der Waals surface area contributed by atoms with Gasteiger partial charge in [-0.1, -0.05) is 32.3 Å². The number of benzene rings is 1. The number of aromatic hydroxyl groups is 2. The summed E-state index contributed by atoms with van der Waals surface area (Å²) in [6.07, 6.45) is 4.37. The molecule has 17 nitrogen and oxygen atoms in total. The number of rotatable bonds is 12. The van der Waals surface area contributed by atoms with E-state index in [4.69, 9.17) is 15.3 Å². The number of phenolic OH excluding ortho intramolecular Hbond substituents is 2. The minimum atomic E-state index is -1.25. The molecule has 4 aromatic rings. The molecular weight excluding hydrogens is 783 g/mol. The average Bonchev–Trinajstić information content (AvgIpc) is 3.57. The number of anilines is 1. The molecule has 8 rings (SSSR count). The van der Waals surface area contributed by atoms with E-state index in [0.717, 1.165) is 41.3 Å². The average molecular weight is 822 g/mol. The van der Waals surface area contributed by atoms with Crippen LogP contribution in [0, 0.1) is 24.2 Å². The summed E-state index contributed by atoms with van der Waals surface area (Å²) in [6.45, 7) is 8.13. The number of ether oxygens (including phenoxy) is 1. The monoisotopic (exact) mass is 821 g/mol. The normalized spacial score (nSPS) is 25.3. The van der Waals surface area contributed by atoms with E-state index in [1.54, 1.807) is 4.52 Å². The molecule has 4 aliphatic rings. The van der Waals surface area contributed by atoms with Crippen LogP contribution in [0.1, 0.15) is 57.0 Å². The first kappa shape index (κ1) is 37.8. The van der Waals surface area contributed by atoms with Crippen molar-refractivity contribution in [1.82, 2.24) is 34.8 Å². The molecular formula is C36H39N9O8S3. The van der Waals surface area contributed by atoms with Crippen molar-refractivity contribution in [1.29, 1.82) is 0 Å². The fraction of sp³-hybridized carbons (Fsp3) is 0.444. The highest BCUT2D eigenvalue weighted by atomic mass is 32.2. The number of aromatic nitrogens is 5. The van der Waals surface area contributed by atoms with Gasteiger partial charge in [-0.3, -0.25) is 14.5 Å². The Morgan fingerprint density at radius 3 is 2.71 bits per heavy atom. The molecule has 3 fully saturated rings. The number of carboxylic acids is 1. The van der Waals surface area contributed by atoms with E-state index in [9.17, 15) is 29.7 Å². The quantitative estimate of drug-likeness (QED) is 0.0340. The molecule has 0 radical (unpaired) electrons. The molecule has 2 amide bonds. The number of amides is 2. The molecule has 20 heteroatoms. The number of fused-ring (bicyclic) bond motifs is 3. The number of nitrogens with zero attached hydrogens (tertiary/aromatic N) is 7. The second-order valence-electron chi connectivity index (χ2n) is 15.0. The van der Waals surface area contributed by atoms with E-state index in [1.165, 1.54) is 52.3 Å². The van der Waals surface area contributed by atoms with Crippen molar-refractivity contribution in [2.24, 2.45) is 22.4 Å². The fourth-order valence-electron chi connectivity index (χ4n) is 8.18. The number of phenols is 2. The van der Waals surface area contributed by atoms with E-state index >= 15 is 0 Å². The number of aliphatic carboxylic acids is 1. The van der Waals surface area contributed by atoms with Gasteiger partial charge in [-0.25, -0.2) is 14.8 Å². The lowest BCUT2D eigenvalue weighted by Crippen LogP contribution is -2.71. The standard InChI is InChI=1S/C36H39N9O8S3/c1-16-5-6-24-35(3,4)36(24,10-16)53-23-9-22(47)21(46)8-18(23)11-52-43-26(20-14-56-33(37)41-20)29(48)42-27-30(49)44-28(32(50)51)19(13-55-31(27)44)12-54-25-7-17(2)40-34-38-15-39-45(25)34/h7-9,14-16,24,27,31,46-47H,5-6,10-13H2,1-4H3,(H2,37,41)(H,42,48)(H,50,51)/t16?,24?,27-,31-,36?/m1/s1. The number of hydrogen-bond donors (Lipinski definition) is 5. The van der Waals surface area contributed by atoms with Crippen molar-refractivity contribution in [2.75, 3.05) is 17.2 Å². The summed E-state index contributed by atoms with van der Waals surface area (Å²) in [6, 6.07) is 3.47. The Morgan fingerprint density at radius 2 is 1.96 bits per heavy atom. The second kappa shape index (κ2) is 14.1. The Hall–Kier alpha value is -5.08. The van der Waals surface area contributed by atoms with Crippen molar-refractivity contribution >= 4 is 69.3 Å². The van der Waals surface area contributed by atoms with E-state index in [-0.39, 0.29) is 51.5 Å². The van der Waals surface area contributed by atoms with Gasteiger partial charge in [0.25, 0.3) is 17.6 Å². The molecule has 0 bridgehead atoms. The van der Waals surface area contributed by atoms with Gasteiger partial charge in [-0.15, -0.1) is 34.9 Å². The molecule has 0 spiro atoms. The third-order valence-corrected chi connectivity index (χ3v) is 14.2. The van der Waals surface area contributed by atoms with Crippen molar-refractivity contribution in [2.45, 2.75) is 75.6 Å². The molecule has 1 saturated heterocycles. The van der Waals surface area contributed by atoms with Gasteiger partial charge in [0, 0.05) is 45.5 Å². The van der Waals surface area contributed by atoms with Gasteiger partial charge >= 0.3 is 5.97 Å². The minimum Gasteiger partial charge on any atom is -0.504 e. The molecule has 6 N–H and O–H groups in total. The van der Waals surface area contributed by atoms with Gasteiger partial charge in [0.2, 0.25) is 0 Å². The Morgan fingerprint density at radius 1 is 1.18 bits per heavy atom. The SMILES string of the molecule is Cc1cc(SCC2=C(C(=O)O)N3C(=O)[C@@H](NC(=O)C(=NOCc4cc(O)c(O)cc4OC45CC(C)CCC4C5(C)C)c4csc(N)n4)[C@H]3SC2)n2ncnc2n1. The van der Waals surface area contributed by atoms with E-state index < -0.39 is 34.8 Å². The molecule has 294 valence electrons. The van der Waals surface area contributed by atoms with Crippen LogP contribution in [0.25, 0.3) is 5.78 Å².